The molecule has 0 bridgehead atoms. The van der Waals surface area contributed by atoms with E-state index in [0.29, 0.717) is 5.91 Å². The molecule has 25 heavy (non-hydrogen) atoms. The molecule has 2 aliphatic heterocycles. The van der Waals surface area contributed by atoms with Crippen molar-refractivity contribution in [3.63, 3.8) is 0 Å². The van der Waals surface area contributed by atoms with E-state index in [1.54, 1.807) is 0 Å². The van der Waals surface area contributed by atoms with Crippen LogP contribution in [-0.4, -0.2) is 66.0 Å². The molecule has 4 rings (SSSR count). The monoisotopic (exact) mass is 342 g/mol. The van der Waals surface area contributed by atoms with Crippen LogP contribution in [0.15, 0.2) is 18.3 Å². The van der Waals surface area contributed by atoms with Crippen molar-refractivity contribution in [3.8, 4) is 0 Å². The van der Waals surface area contributed by atoms with E-state index in [-0.39, 0.29) is 5.92 Å². The highest BCUT2D eigenvalue weighted by atomic mass is 16.2. The van der Waals surface area contributed by atoms with Gasteiger partial charge >= 0.3 is 0 Å². The van der Waals surface area contributed by atoms with Crippen LogP contribution in [0.4, 0.5) is 5.69 Å². The Balaban J connectivity index is 1.33. The fraction of sp³-hybridized carbons (Fsp3) is 0.700. The zero-order valence-electron chi connectivity index (χ0n) is 15.4. The molecule has 0 aromatic carbocycles. The molecule has 0 N–H and O–H groups in total. The third-order valence-corrected chi connectivity index (χ3v) is 6.22. The van der Waals surface area contributed by atoms with Crippen LogP contribution in [0, 0.1) is 12.8 Å². The lowest BCUT2D eigenvalue weighted by Gasteiger charge is -2.36. The maximum atomic E-state index is 13.0. The number of rotatable bonds is 3. The topological polar surface area (TPSA) is 39.7 Å². The maximum absolute atomic E-state index is 13.0. The molecule has 3 heterocycles. The van der Waals surface area contributed by atoms with Crippen LogP contribution in [-0.2, 0) is 4.79 Å². The van der Waals surface area contributed by atoms with Gasteiger partial charge in [0.2, 0.25) is 5.91 Å². The van der Waals surface area contributed by atoms with Crippen LogP contribution < -0.4 is 4.90 Å². The number of nitrogens with zero attached hydrogens (tertiary/aromatic N) is 4. The molecule has 3 aliphatic rings. The van der Waals surface area contributed by atoms with Crippen molar-refractivity contribution in [1.82, 2.24) is 14.8 Å². The summed E-state index contributed by atoms with van der Waals surface area (Å²) in [5, 5.41) is 0. The van der Waals surface area contributed by atoms with Crippen LogP contribution >= 0.6 is 0 Å². The van der Waals surface area contributed by atoms with Gasteiger partial charge in [-0.2, -0.15) is 0 Å². The largest absolute Gasteiger partial charge is 0.371 e. The van der Waals surface area contributed by atoms with Gasteiger partial charge in [-0.15, -0.1) is 0 Å². The zero-order valence-corrected chi connectivity index (χ0v) is 15.4. The number of hydrogen-bond donors (Lipinski definition) is 0. The van der Waals surface area contributed by atoms with Crippen molar-refractivity contribution in [1.29, 1.82) is 0 Å². The molecule has 5 nitrogen and oxygen atoms in total. The molecule has 1 aliphatic carbocycles. The van der Waals surface area contributed by atoms with Crippen LogP contribution in [0.3, 0.4) is 0 Å². The Bertz CT molecular complexity index is 615. The average Bonchev–Trinajstić information content (AvgIpc) is 2.94. The molecule has 1 saturated carbocycles. The molecule has 0 radical (unpaired) electrons. The highest BCUT2D eigenvalue weighted by molar-refractivity contribution is 5.80. The van der Waals surface area contributed by atoms with E-state index >= 15 is 0 Å². The van der Waals surface area contributed by atoms with Gasteiger partial charge in [0.15, 0.2) is 0 Å². The van der Waals surface area contributed by atoms with Crippen molar-refractivity contribution < 1.29 is 4.79 Å². The number of hydrogen-bond acceptors (Lipinski definition) is 4. The quantitative estimate of drug-likeness (QED) is 0.845. The second-order valence-corrected chi connectivity index (χ2v) is 7.89. The number of aryl methyl sites for hydroxylation is 1. The third-order valence-electron chi connectivity index (χ3n) is 6.22. The molecule has 0 spiro atoms. The summed E-state index contributed by atoms with van der Waals surface area (Å²) >= 11 is 0. The Kier molecular flexibility index (Phi) is 4.93. The van der Waals surface area contributed by atoms with Crippen LogP contribution in [0.2, 0.25) is 0 Å². The normalized spacial score (nSPS) is 25.7. The highest BCUT2D eigenvalue weighted by Gasteiger charge is 2.33. The molecule has 1 amide bonds. The molecule has 1 aromatic rings. The SMILES string of the molecule is Cc1cc(N2CCC(C(=O)N3CCCN(C4CCC4)CC3)C2)ccn1. The zero-order chi connectivity index (χ0) is 17.2. The maximum Gasteiger partial charge on any atom is 0.227 e. The lowest BCUT2D eigenvalue weighted by atomic mass is 9.91. The number of carbonyl (C=O) groups is 1. The molecular formula is C20H30N4O. The van der Waals surface area contributed by atoms with E-state index in [2.05, 4.69) is 31.8 Å². The van der Waals surface area contributed by atoms with Crippen molar-refractivity contribution in [2.75, 3.05) is 44.2 Å². The smallest absolute Gasteiger partial charge is 0.227 e. The van der Waals surface area contributed by atoms with Gasteiger partial charge in [0, 0.05) is 62.9 Å². The molecule has 136 valence electrons. The summed E-state index contributed by atoms with van der Waals surface area (Å²) in [4.78, 5) is 24.4. The second kappa shape index (κ2) is 7.32. The number of carbonyl (C=O) groups excluding carboxylic acids is 1. The molecule has 1 aromatic heterocycles. The van der Waals surface area contributed by atoms with Gasteiger partial charge in [-0.1, -0.05) is 6.42 Å². The van der Waals surface area contributed by atoms with Gasteiger partial charge in [-0.05, 0) is 44.7 Å². The Morgan fingerprint density at radius 2 is 1.96 bits per heavy atom. The van der Waals surface area contributed by atoms with Crippen molar-refractivity contribution in [2.45, 2.75) is 45.1 Å². The first kappa shape index (κ1) is 16.8. The minimum atomic E-state index is 0.156. The molecule has 1 atom stereocenters. The van der Waals surface area contributed by atoms with Crippen LogP contribution in [0.5, 0.6) is 0 Å². The Labute approximate surface area is 151 Å². The fourth-order valence-electron chi connectivity index (χ4n) is 4.46. The number of pyridine rings is 1. The summed E-state index contributed by atoms with van der Waals surface area (Å²) in [5.74, 6) is 0.535. The highest BCUT2D eigenvalue weighted by Crippen LogP contribution is 2.27. The molecule has 5 heteroatoms. The Morgan fingerprint density at radius 3 is 2.72 bits per heavy atom. The lowest BCUT2D eigenvalue weighted by Crippen LogP contribution is -2.43. The predicted octanol–water partition coefficient (Wildman–Crippen LogP) is 2.30. The van der Waals surface area contributed by atoms with Crippen molar-refractivity contribution >= 4 is 11.6 Å². The van der Waals surface area contributed by atoms with E-state index in [1.807, 2.05) is 13.1 Å². The van der Waals surface area contributed by atoms with E-state index < -0.39 is 0 Å². The summed E-state index contributed by atoms with van der Waals surface area (Å²) in [6.07, 6.45) is 8.07. The van der Waals surface area contributed by atoms with Gasteiger partial charge in [-0.25, -0.2) is 0 Å². The minimum absolute atomic E-state index is 0.156. The van der Waals surface area contributed by atoms with Gasteiger partial charge in [0.25, 0.3) is 0 Å². The standard InChI is InChI=1S/C20H30N4O/c1-16-14-19(6-8-21-16)24-11-7-17(15-24)20(25)23-10-3-9-22(12-13-23)18-4-2-5-18/h6,8,14,17-18H,2-5,7,9-13,15H2,1H3. The van der Waals surface area contributed by atoms with Gasteiger partial charge in [-0.3, -0.25) is 14.7 Å². The minimum Gasteiger partial charge on any atom is -0.371 e. The summed E-state index contributed by atoms with van der Waals surface area (Å²) in [5.41, 5.74) is 2.24. The predicted molar refractivity (Wildman–Crippen MR) is 99.7 cm³/mol. The van der Waals surface area contributed by atoms with Crippen molar-refractivity contribution in [2.24, 2.45) is 5.92 Å². The summed E-state index contributed by atoms with van der Waals surface area (Å²) in [6.45, 7) is 7.94. The van der Waals surface area contributed by atoms with E-state index in [4.69, 9.17) is 0 Å². The van der Waals surface area contributed by atoms with E-state index in [1.165, 1.54) is 31.5 Å². The van der Waals surface area contributed by atoms with E-state index in [0.717, 1.165) is 57.3 Å². The number of amides is 1. The molecule has 1 unspecified atom stereocenters. The average molecular weight is 342 g/mol. The van der Waals surface area contributed by atoms with Gasteiger partial charge in [0.1, 0.15) is 0 Å². The Morgan fingerprint density at radius 1 is 1.08 bits per heavy atom. The van der Waals surface area contributed by atoms with Crippen LogP contribution in [0.1, 0.15) is 37.8 Å². The summed E-state index contributed by atoms with van der Waals surface area (Å²) < 4.78 is 0. The third kappa shape index (κ3) is 3.66. The lowest BCUT2D eigenvalue weighted by molar-refractivity contribution is -0.134. The number of anilines is 1. The van der Waals surface area contributed by atoms with Gasteiger partial charge < -0.3 is 9.80 Å². The van der Waals surface area contributed by atoms with Crippen LogP contribution in [0.25, 0.3) is 0 Å². The number of aromatic nitrogens is 1. The summed E-state index contributed by atoms with van der Waals surface area (Å²) in [7, 11) is 0. The first-order valence-corrected chi connectivity index (χ1v) is 9.91. The van der Waals surface area contributed by atoms with Crippen molar-refractivity contribution in [3.05, 3.63) is 24.0 Å². The molecule has 3 fully saturated rings. The first-order chi connectivity index (χ1) is 12.2. The van der Waals surface area contributed by atoms with Gasteiger partial charge in [0.05, 0.1) is 5.92 Å². The first-order valence-electron chi connectivity index (χ1n) is 9.91. The molecular weight excluding hydrogens is 312 g/mol. The fourth-order valence-corrected chi connectivity index (χ4v) is 4.46. The Hall–Kier alpha value is -1.62. The second-order valence-electron chi connectivity index (χ2n) is 7.89. The van der Waals surface area contributed by atoms with E-state index in [9.17, 15) is 4.79 Å². The summed E-state index contributed by atoms with van der Waals surface area (Å²) in [6, 6.07) is 4.98. The molecule has 2 saturated heterocycles.